The van der Waals surface area contributed by atoms with E-state index in [0.717, 1.165) is 23.1 Å². The van der Waals surface area contributed by atoms with Crippen LogP contribution in [-0.2, 0) is 6.54 Å². The molecule has 2 aromatic heterocycles. The molecule has 0 spiro atoms. The van der Waals surface area contributed by atoms with Gasteiger partial charge in [0.1, 0.15) is 4.88 Å². The molecule has 22 heavy (non-hydrogen) atoms. The summed E-state index contributed by atoms with van der Waals surface area (Å²) < 4.78 is 2.89. The predicted octanol–water partition coefficient (Wildman–Crippen LogP) is 4.22. The Morgan fingerprint density at radius 1 is 1.36 bits per heavy atom. The van der Waals surface area contributed by atoms with Gasteiger partial charge in [-0.3, -0.25) is 4.79 Å². The Kier molecular flexibility index (Phi) is 4.66. The zero-order chi connectivity index (χ0) is 15.5. The lowest BCUT2D eigenvalue weighted by Gasteiger charge is -2.04. The molecule has 1 aromatic carbocycles. The molecule has 0 bridgehead atoms. The minimum atomic E-state index is -0.159. The first kappa shape index (κ1) is 15.3. The van der Waals surface area contributed by atoms with Crippen LogP contribution < -0.4 is 5.32 Å². The highest BCUT2D eigenvalue weighted by Crippen LogP contribution is 2.39. The number of carbonyl (C=O) groups is 1. The van der Waals surface area contributed by atoms with Gasteiger partial charge in [0.15, 0.2) is 0 Å². The molecule has 0 atom stereocenters. The fraction of sp³-hybridized carbons (Fsp3) is 0.200. The van der Waals surface area contributed by atoms with E-state index in [1.54, 1.807) is 18.6 Å². The van der Waals surface area contributed by atoms with Crippen molar-refractivity contribution in [3.63, 3.8) is 0 Å². The van der Waals surface area contributed by atoms with Gasteiger partial charge in [-0.25, -0.2) is 4.98 Å². The Hall–Kier alpha value is -1.56. The molecular weight excluding hydrogens is 341 g/mol. The Bertz CT molecular complexity index is 799. The molecule has 0 aliphatic rings. The van der Waals surface area contributed by atoms with Crippen molar-refractivity contribution in [3.05, 3.63) is 51.8 Å². The smallest absolute Gasteiger partial charge is 0.262 e. The molecule has 0 aliphatic carbocycles. The molecule has 0 aliphatic heterocycles. The lowest BCUT2D eigenvalue weighted by molar-refractivity contribution is 0.0957. The number of fused-ring (bicyclic) bond motifs is 1. The molecule has 3 rings (SSSR count). The summed E-state index contributed by atoms with van der Waals surface area (Å²) in [6.07, 6.45) is 6.21. The summed E-state index contributed by atoms with van der Waals surface area (Å²) in [7, 11) is 0. The van der Waals surface area contributed by atoms with Crippen molar-refractivity contribution in [2.45, 2.75) is 13.0 Å². The zero-order valence-corrected chi connectivity index (χ0v) is 13.9. The van der Waals surface area contributed by atoms with E-state index in [2.05, 4.69) is 10.3 Å². The first-order chi connectivity index (χ1) is 10.7. The summed E-state index contributed by atoms with van der Waals surface area (Å²) in [5, 5.41) is 4.64. The molecule has 3 aromatic rings. The first-order valence-electron chi connectivity index (χ1n) is 6.77. The number of hydrogen-bond donors (Lipinski definition) is 1. The number of nitrogens with zero attached hydrogens (tertiary/aromatic N) is 2. The summed E-state index contributed by atoms with van der Waals surface area (Å²) in [6.45, 7) is 1.39. The highest BCUT2D eigenvalue weighted by Gasteiger charge is 2.18. The predicted molar refractivity (Wildman–Crippen MR) is 91.0 cm³/mol. The largest absolute Gasteiger partial charge is 0.351 e. The van der Waals surface area contributed by atoms with E-state index in [0.29, 0.717) is 21.5 Å². The topological polar surface area (TPSA) is 46.9 Å². The second-order valence-corrected chi connectivity index (χ2v) is 6.61. The van der Waals surface area contributed by atoms with Crippen molar-refractivity contribution in [2.75, 3.05) is 6.54 Å². The van der Waals surface area contributed by atoms with Gasteiger partial charge in [0.05, 0.1) is 16.4 Å². The minimum absolute atomic E-state index is 0.159. The molecule has 114 valence electrons. The number of amides is 1. The lowest BCUT2D eigenvalue weighted by atomic mass is 10.2. The first-order valence-corrected chi connectivity index (χ1v) is 8.34. The number of nitrogens with one attached hydrogen (secondary N) is 1. The summed E-state index contributed by atoms with van der Waals surface area (Å²) in [4.78, 5) is 16.7. The SMILES string of the molecule is O=C(NCCCn1ccnc1)c1sc2cccc(Cl)c2c1Cl. The minimum Gasteiger partial charge on any atom is -0.351 e. The Balaban J connectivity index is 1.65. The van der Waals surface area contributed by atoms with Crippen molar-refractivity contribution < 1.29 is 4.79 Å². The van der Waals surface area contributed by atoms with Crippen LogP contribution in [0, 0.1) is 0 Å². The van der Waals surface area contributed by atoms with Gasteiger partial charge in [0.2, 0.25) is 0 Å². The van der Waals surface area contributed by atoms with Gasteiger partial charge in [0, 0.05) is 35.6 Å². The van der Waals surface area contributed by atoms with Crippen LogP contribution >= 0.6 is 34.5 Å². The lowest BCUT2D eigenvalue weighted by Crippen LogP contribution is -2.24. The molecular formula is C15H13Cl2N3OS. The molecule has 7 heteroatoms. The van der Waals surface area contributed by atoms with E-state index >= 15 is 0 Å². The summed E-state index contributed by atoms with van der Waals surface area (Å²) in [6, 6.07) is 5.53. The summed E-state index contributed by atoms with van der Waals surface area (Å²) >= 11 is 13.8. The normalized spacial score (nSPS) is 11.0. The number of halogens is 2. The molecule has 0 unspecified atom stereocenters. The fourth-order valence-corrected chi connectivity index (χ4v) is 4.05. The van der Waals surface area contributed by atoms with Gasteiger partial charge in [0.25, 0.3) is 5.91 Å². The van der Waals surface area contributed by atoms with Crippen molar-refractivity contribution >= 4 is 50.5 Å². The monoisotopic (exact) mass is 353 g/mol. The Labute approximate surface area is 141 Å². The number of imidazole rings is 1. The standard InChI is InChI=1S/C15H13Cl2N3OS/c16-10-3-1-4-11-12(10)13(17)14(22-11)15(21)19-5-2-7-20-8-6-18-9-20/h1,3-4,6,8-9H,2,5,7H2,(H,19,21). The van der Waals surface area contributed by atoms with E-state index in [9.17, 15) is 4.79 Å². The summed E-state index contributed by atoms with van der Waals surface area (Å²) in [5.41, 5.74) is 0. The van der Waals surface area contributed by atoms with Gasteiger partial charge in [-0.1, -0.05) is 29.3 Å². The van der Waals surface area contributed by atoms with Crippen LogP contribution in [-0.4, -0.2) is 22.0 Å². The van der Waals surface area contributed by atoms with Crippen LogP contribution in [0.2, 0.25) is 10.0 Å². The zero-order valence-electron chi connectivity index (χ0n) is 11.6. The number of rotatable bonds is 5. The van der Waals surface area contributed by atoms with Crippen LogP contribution in [0.1, 0.15) is 16.1 Å². The third kappa shape index (κ3) is 3.11. The van der Waals surface area contributed by atoms with Crippen molar-refractivity contribution in [2.24, 2.45) is 0 Å². The molecule has 0 radical (unpaired) electrons. The fourth-order valence-electron chi connectivity index (χ4n) is 2.18. The van der Waals surface area contributed by atoms with Crippen LogP contribution in [0.4, 0.5) is 0 Å². The molecule has 0 saturated heterocycles. The Morgan fingerprint density at radius 3 is 2.95 bits per heavy atom. The quantitative estimate of drug-likeness (QED) is 0.697. The number of carbonyl (C=O) groups excluding carboxylic acids is 1. The maximum atomic E-state index is 12.3. The van der Waals surface area contributed by atoms with Crippen LogP contribution in [0.3, 0.4) is 0 Å². The molecule has 4 nitrogen and oxygen atoms in total. The maximum Gasteiger partial charge on any atom is 0.262 e. The molecule has 2 heterocycles. The van der Waals surface area contributed by atoms with E-state index in [-0.39, 0.29) is 5.91 Å². The maximum absolute atomic E-state index is 12.3. The molecule has 1 amide bonds. The number of benzene rings is 1. The van der Waals surface area contributed by atoms with E-state index in [1.807, 2.05) is 22.9 Å². The van der Waals surface area contributed by atoms with Gasteiger partial charge < -0.3 is 9.88 Å². The van der Waals surface area contributed by atoms with Crippen molar-refractivity contribution in [1.82, 2.24) is 14.9 Å². The number of thiophene rings is 1. The van der Waals surface area contributed by atoms with Gasteiger partial charge in [-0.2, -0.15) is 0 Å². The number of aryl methyl sites for hydroxylation is 1. The summed E-state index contributed by atoms with van der Waals surface area (Å²) in [5.74, 6) is -0.159. The number of hydrogen-bond acceptors (Lipinski definition) is 3. The highest BCUT2D eigenvalue weighted by molar-refractivity contribution is 7.21. The third-order valence-corrected chi connectivity index (χ3v) is 5.21. The van der Waals surface area contributed by atoms with Crippen LogP contribution in [0.5, 0.6) is 0 Å². The molecule has 0 fully saturated rings. The second kappa shape index (κ2) is 6.69. The molecule has 1 N–H and O–H groups in total. The second-order valence-electron chi connectivity index (χ2n) is 4.77. The number of aromatic nitrogens is 2. The highest BCUT2D eigenvalue weighted by atomic mass is 35.5. The van der Waals surface area contributed by atoms with E-state index in [1.165, 1.54) is 11.3 Å². The van der Waals surface area contributed by atoms with Gasteiger partial charge >= 0.3 is 0 Å². The van der Waals surface area contributed by atoms with Crippen molar-refractivity contribution in [3.8, 4) is 0 Å². The van der Waals surface area contributed by atoms with Crippen LogP contribution in [0.25, 0.3) is 10.1 Å². The van der Waals surface area contributed by atoms with Gasteiger partial charge in [-0.15, -0.1) is 11.3 Å². The molecule has 0 saturated carbocycles. The van der Waals surface area contributed by atoms with Gasteiger partial charge in [-0.05, 0) is 18.6 Å². The third-order valence-electron chi connectivity index (χ3n) is 3.25. The Morgan fingerprint density at radius 2 is 2.23 bits per heavy atom. The van der Waals surface area contributed by atoms with E-state index < -0.39 is 0 Å². The van der Waals surface area contributed by atoms with E-state index in [4.69, 9.17) is 23.2 Å². The average Bonchev–Trinajstić information content (AvgIpc) is 3.12. The van der Waals surface area contributed by atoms with Crippen LogP contribution in [0.15, 0.2) is 36.9 Å². The average molecular weight is 354 g/mol. The van der Waals surface area contributed by atoms with Crippen molar-refractivity contribution in [1.29, 1.82) is 0 Å².